The second kappa shape index (κ2) is 7.22. The number of benzene rings is 1. The highest BCUT2D eigenvalue weighted by Crippen LogP contribution is 2.38. The lowest BCUT2D eigenvalue weighted by atomic mass is 9.77. The molecule has 1 aromatic carbocycles. The number of hydrogen-bond acceptors (Lipinski definition) is 4. The Morgan fingerprint density at radius 2 is 1.84 bits per heavy atom. The first-order valence-electron chi connectivity index (χ1n) is 8.74. The van der Waals surface area contributed by atoms with E-state index in [1.165, 1.54) is 6.92 Å². The molecule has 3 N–H and O–H groups in total. The molecule has 0 radical (unpaired) electrons. The number of amides is 1. The van der Waals surface area contributed by atoms with Crippen molar-refractivity contribution in [1.82, 2.24) is 5.32 Å². The van der Waals surface area contributed by atoms with Gasteiger partial charge in [0.2, 0.25) is 5.91 Å². The van der Waals surface area contributed by atoms with E-state index in [0.717, 1.165) is 28.7 Å². The molecule has 6 heteroatoms. The van der Waals surface area contributed by atoms with Gasteiger partial charge >= 0.3 is 7.12 Å². The first-order chi connectivity index (χ1) is 11.6. The first kappa shape index (κ1) is 19.5. The molecule has 1 fully saturated rings. The van der Waals surface area contributed by atoms with Crippen LogP contribution < -0.4 is 11.1 Å². The monoisotopic (exact) mass is 344 g/mol. The molecule has 0 aromatic heterocycles. The maximum atomic E-state index is 11.4. The van der Waals surface area contributed by atoms with E-state index in [1.54, 1.807) is 0 Å². The van der Waals surface area contributed by atoms with Crippen LogP contribution in [0.15, 0.2) is 23.7 Å². The fourth-order valence-corrected chi connectivity index (χ4v) is 2.66. The lowest BCUT2D eigenvalue weighted by Gasteiger charge is -2.32. The molecule has 0 atom stereocenters. The second-order valence-electron chi connectivity index (χ2n) is 7.53. The Hall–Kier alpha value is -1.79. The van der Waals surface area contributed by atoms with Gasteiger partial charge in [0.05, 0.1) is 11.2 Å². The van der Waals surface area contributed by atoms with Crippen molar-refractivity contribution in [3.05, 3.63) is 34.8 Å². The predicted molar refractivity (Wildman–Crippen MR) is 103 cm³/mol. The van der Waals surface area contributed by atoms with Crippen LogP contribution in [-0.4, -0.2) is 30.8 Å². The highest BCUT2D eigenvalue weighted by atomic mass is 16.7. The minimum Gasteiger partial charge on any atom is -0.400 e. The summed E-state index contributed by atoms with van der Waals surface area (Å²) in [6.07, 6.45) is 2.88. The summed E-state index contributed by atoms with van der Waals surface area (Å²) in [6, 6.07) is 5.94. The molecule has 1 aromatic rings. The van der Waals surface area contributed by atoms with Crippen molar-refractivity contribution in [2.75, 3.05) is 12.3 Å². The second-order valence-corrected chi connectivity index (χ2v) is 7.53. The van der Waals surface area contributed by atoms with Crippen molar-refractivity contribution in [2.45, 2.75) is 59.2 Å². The molecule has 0 spiro atoms. The van der Waals surface area contributed by atoms with E-state index in [-0.39, 0.29) is 5.91 Å². The van der Waals surface area contributed by atoms with Gasteiger partial charge in [-0.15, -0.1) is 0 Å². The zero-order valence-electron chi connectivity index (χ0n) is 16.1. The molecule has 0 saturated carbocycles. The van der Waals surface area contributed by atoms with E-state index < -0.39 is 18.3 Å². The van der Waals surface area contributed by atoms with Gasteiger partial charge in [-0.2, -0.15) is 0 Å². The molecule has 0 bridgehead atoms. The third kappa shape index (κ3) is 4.44. The summed E-state index contributed by atoms with van der Waals surface area (Å²) >= 11 is 0. The SMILES string of the molecule is CCc1cc(C=C(CNC(C)=O)B2OC(C)(C)C(C)(C)O2)ccc1N. The van der Waals surface area contributed by atoms with Crippen LogP contribution in [-0.2, 0) is 20.5 Å². The van der Waals surface area contributed by atoms with Gasteiger partial charge in [0.25, 0.3) is 0 Å². The minimum absolute atomic E-state index is 0.0889. The number of nitrogens with two attached hydrogens (primary N) is 1. The van der Waals surface area contributed by atoms with Crippen LogP contribution in [0.3, 0.4) is 0 Å². The Bertz CT molecular complexity index is 667. The predicted octanol–water partition coefficient (Wildman–Crippen LogP) is 2.98. The maximum absolute atomic E-state index is 11.4. The van der Waals surface area contributed by atoms with Crippen molar-refractivity contribution in [2.24, 2.45) is 0 Å². The Morgan fingerprint density at radius 3 is 2.36 bits per heavy atom. The molecular formula is C19H29BN2O3. The molecule has 1 aliphatic heterocycles. The Labute approximate surface area is 151 Å². The molecule has 1 amide bonds. The van der Waals surface area contributed by atoms with E-state index >= 15 is 0 Å². The van der Waals surface area contributed by atoms with Crippen molar-refractivity contribution in [3.8, 4) is 0 Å². The van der Waals surface area contributed by atoms with Gasteiger partial charge < -0.3 is 20.4 Å². The number of nitrogens with one attached hydrogen (secondary N) is 1. The van der Waals surface area contributed by atoms with Crippen LogP contribution in [0.2, 0.25) is 0 Å². The van der Waals surface area contributed by atoms with Gasteiger partial charge in [-0.3, -0.25) is 4.79 Å². The molecule has 5 nitrogen and oxygen atoms in total. The Morgan fingerprint density at radius 1 is 1.24 bits per heavy atom. The highest BCUT2D eigenvalue weighted by molar-refractivity contribution is 6.56. The number of hydrogen-bond donors (Lipinski definition) is 2. The van der Waals surface area contributed by atoms with Crippen molar-refractivity contribution >= 4 is 24.8 Å². The summed E-state index contributed by atoms with van der Waals surface area (Å²) in [5.41, 5.74) is 8.92. The quantitative estimate of drug-likeness (QED) is 0.636. The zero-order valence-corrected chi connectivity index (χ0v) is 16.1. The van der Waals surface area contributed by atoms with Crippen molar-refractivity contribution in [3.63, 3.8) is 0 Å². The van der Waals surface area contributed by atoms with Crippen LogP contribution in [0, 0.1) is 0 Å². The average molecular weight is 344 g/mol. The van der Waals surface area contributed by atoms with Crippen molar-refractivity contribution < 1.29 is 14.1 Å². The number of anilines is 1. The maximum Gasteiger partial charge on any atom is 0.492 e. The average Bonchev–Trinajstić information content (AvgIpc) is 2.73. The van der Waals surface area contributed by atoms with Crippen LogP contribution >= 0.6 is 0 Å². The number of carbonyl (C=O) groups is 1. The third-order valence-corrected chi connectivity index (χ3v) is 5.00. The van der Waals surface area contributed by atoms with E-state index in [9.17, 15) is 4.79 Å². The number of carbonyl (C=O) groups excluding carboxylic acids is 1. The van der Waals surface area contributed by atoms with E-state index in [1.807, 2.05) is 45.9 Å². The fraction of sp³-hybridized carbons (Fsp3) is 0.526. The summed E-state index contributed by atoms with van der Waals surface area (Å²) in [7, 11) is -0.500. The van der Waals surface area contributed by atoms with Crippen molar-refractivity contribution in [1.29, 1.82) is 0 Å². The van der Waals surface area contributed by atoms with Crippen LogP contribution in [0.4, 0.5) is 5.69 Å². The molecule has 1 saturated heterocycles. The van der Waals surface area contributed by atoms with Gasteiger partial charge in [0, 0.05) is 19.2 Å². The molecule has 1 aliphatic rings. The highest BCUT2D eigenvalue weighted by Gasteiger charge is 2.52. The van der Waals surface area contributed by atoms with E-state index in [0.29, 0.717) is 6.54 Å². The number of nitrogen functional groups attached to an aromatic ring is 1. The zero-order chi connectivity index (χ0) is 18.8. The fourth-order valence-electron chi connectivity index (χ4n) is 2.66. The molecule has 25 heavy (non-hydrogen) atoms. The summed E-state index contributed by atoms with van der Waals surface area (Å²) in [6.45, 7) is 12.0. The number of aryl methyl sites for hydroxylation is 1. The summed E-state index contributed by atoms with van der Waals surface area (Å²) in [4.78, 5) is 11.4. The molecular weight excluding hydrogens is 315 g/mol. The standard InChI is InChI=1S/C19H29BN2O3/c1-7-15-10-14(8-9-17(15)21)11-16(12-22-13(2)23)20-24-18(3,4)19(5,6)25-20/h8-11H,7,12,21H2,1-6H3,(H,22,23). The van der Waals surface area contributed by atoms with Gasteiger partial charge in [0.15, 0.2) is 0 Å². The van der Waals surface area contributed by atoms with Crippen LogP contribution in [0.5, 0.6) is 0 Å². The van der Waals surface area contributed by atoms with Gasteiger partial charge in [0.1, 0.15) is 0 Å². The Kier molecular flexibility index (Phi) is 5.64. The lowest BCUT2D eigenvalue weighted by molar-refractivity contribution is -0.118. The van der Waals surface area contributed by atoms with E-state index in [2.05, 4.69) is 18.3 Å². The smallest absolute Gasteiger partial charge is 0.400 e. The van der Waals surface area contributed by atoms with Gasteiger partial charge in [-0.1, -0.05) is 19.1 Å². The first-order valence-corrected chi connectivity index (χ1v) is 8.74. The topological polar surface area (TPSA) is 73.6 Å². The normalized spacial score (nSPS) is 19.1. The summed E-state index contributed by atoms with van der Waals surface area (Å²) in [5, 5.41) is 2.85. The molecule has 0 unspecified atom stereocenters. The summed E-state index contributed by atoms with van der Waals surface area (Å²) in [5.74, 6) is -0.0889. The van der Waals surface area contributed by atoms with Gasteiger partial charge in [-0.25, -0.2) is 0 Å². The molecule has 136 valence electrons. The summed E-state index contributed by atoms with van der Waals surface area (Å²) < 4.78 is 12.3. The molecule has 0 aliphatic carbocycles. The van der Waals surface area contributed by atoms with Crippen LogP contribution in [0.1, 0.15) is 52.7 Å². The van der Waals surface area contributed by atoms with Crippen LogP contribution in [0.25, 0.3) is 6.08 Å². The molecule has 2 rings (SSSR count). The molecule has 1 heterocycles. The largest absolute Gasteiger partial charge is 0.492 e. The third-order valence-electron chi connectivity index (χ3n) is 5.00. The Balaban J connectivity index is 2.35. The number of rotatable bonds is 5. The minimum atomic E-state index is -0.500. The van der Waals surface area contributed by atoms with Gasteiger partial charge in [-0.05, 0) is 62.8 Å². The van der Waals surface area contributed by atoms with E-state index in [4.69, 9.17) is 15.0 Å². The lowest BCUT2D eigenvalue weighted by Crippen LogP contribution is -2.41.